The molecule has 2 aromatic carbocycles. The third kappa shape index (κ3) is 3.32. The smallest absolute Gasteiger partial charge is 0.223 e. The van der Waals surface area contributed by atoms with E-state index in [9.17, 15) is 9.90 Å². The van der Waals surface area contributed by atoms with E-state index in [4.69, 9.17) is 0 Å². The van der Waals surface area contributed by atoms with E-state index in [1.54, 1.807) is 0 Å². The highest BCUT2D eigenvalue weighted by molar-refractivity contribution is 5.77. The predicted octanol–water partition coefficient (Wildman–Crippen LogP) is 2.51. The Labute approximate surface area is 148 Å². The van der Waals surface area contributed by atoms with Gasteiger partial charge in [0.1, 0.15) is 5.60 Å². The van der Waals surface area contributed by atoms with Crippen LogP contribution in [0.4, 0.5) is 0 Å². The van der Waals surface area contributed by atoms with E-state index in [2.05, 4.69) is 29.2 Å². The quantitative estimate of drug-likeness (QED) is 0.933. The van der Waals surface area contributed by atoms with Crippen molar-refractivity contribution in [3.63, 3.8) is 0 Å². The molecule has 1 saturated heterocycles. The highest BCUT2D eigenvalue weighted by Gasteiger charge is 2.39. The van der Waals surface area contributed by atoms with Crippen molar-refractivity contribution >= 4 is 5.91 Å². The molecule has 0 aromatic heterocycles. The molecule has 1 fully saturated rings. The Bertz CT molecular complexity index is 737. The average molecular weight is 336 g/mol. The van der Waals surface area contributed by atoms with E-state index in [1.807, 2.05) is 35.2 Å². The number of carbonyl (C=O) groups is 1. The van der Waals surface area contributed by atoms with E-state index in [1.165, 1.54) is 11.1 Å². The van der Waals surface area contributed by atoms with Crippen LogP contribution in [-0.4, -0.2) is 40.4 Å². The molecule has 0 radical (unpaired) electrons. The van der Waals surface area contributed by atoms with Crippen LogP contribution in [-0.2, 0) is 23.5 Å². The summed E-state index contributed by atoms with van der Waals surface area (Å²) in [5.74, 6) is 0.141. The summed E-state index contributed by atoms with van der Waals surface area (Å²) >= 11 is 0. The van der Waals surface area contributed by atoms with Crippen molar-refractivity contribution in [3.05, 3.63) is 71.3 Å². The van der Waals surface area contributed by atoms with E-state index in [0.717, 1.165) is 25.2 Å². The molecule has 0 saturated carbocycles. The molecule has 0 unspecified atom stereocenters. The lowest BCUT2D eigenvalue weighted by Crippen LogP contribution is -2.35. The van der Waals surface area contributed by atoms with Gasteiger partial charge < -0.3 is 10.0 Å². The zero-order chi connectivity index (χ0) is 17.3. The molecule has 130 valence electrons. The van der Waals surface area contributed by atoms with Crippen LogP contribution >= 0.6 is 0 Å². The van der Waals surface area contributed by atoms with Crippen LogP contribution in [0.5, 0.6) is 0 Å². The molecule has 2 aliphatic heterocycles. The van der Waals surface area contributed by atoms with Crippen LogP contribution in [0, 0.1) is 0 Å². The summed E-state index contributed by atoms with van der Waals surface area (Å²) in [5, 5.41) is 10.9. The van der Waals surface area contributed by atoms with Crippen LogP contribution in [0.15, 0.2) is 54.6 Å². The third-order valence-electron chi connectivity index (χ3n) is 5.46. The van der Waals surface area contributed by atoms with Crippen molar-refractivity contribution < 1.29 is 9.90 Å². The van der Waals surface area contributed by atoms with Gasteiger partial charge in [-0.3, -0.25) is 9.69 Å². The fourth-order valence-corrected chi connectivity index (χ4v) is 3.96. The first-order chi connectivity index (χ1) is 12.1. The van der Waals surface area contributed by atoms with Crippen LogP contribution in [0.25, 0.3) is 0 Å². The lowest BCUT2D eigenvalue weighted by Gasteiger charge is -2.24. The lowest BCUT2D eigenvalue weighted by atomic mass is 9.93. The summed E-state index contributed by atoms with van der Waals surface area (Å²) in [7, 11) is 0. The largest absolute Gasteiger partial charge is 0.383 e. The monoisotopic (exact) mass is 336 g/mol. The molecule has 1 N–H and O–H groups in total. The molecule has 0 bridgehead atoms. The number of nitrogens with zero attached hydrogens (tertiary/aromatic N) is 2. The van der Waals surface area contributed by atoms with Crippen molar-refractivity contribution in [3.8, 4) is 0 Å². The molecule has 0 spiro atoms. The first kappa shape index (κ1) is 16.3. The highest BCUT2D eigenvalue weighted by atomic mass is 16.3. The fraction of sp³-hybridized carbons (Fsp3) is 0.381. The number of hydrogen-bond donors (Lipinski definition) is 1. The minimum atomic E-state index is -0.902. The zero-order valence-electron chi connectivity index (χ0n) is 14.4. The van der Waals surface area contributed by atoms with Crippen LogP contribution in [0.3, 0.4) is 0 Å². The van der Waals surface area contributed by atoms with Gasteiger partial charge in [0, 0.05) is 32.6 Å². The van der Waals surface area contributed by atoms with Gasteiger partial charge >= 0.3 is 0 Å². The SMILES string of the molecule is O=C(CCN1Cc2ccccc2C1)N1CC[C@](O)(c2ccccc2)C1. The molecule has 2 heterocycles. The van der Waals surface area contributed by atoms with Gasteiger partial charge in [0.15, 0.2) is 0 Å². The Kier molecular flexibility index (Phi) is 4.32. The summed E-state index contributed by atoms with van der Waals surface area (Å²) < 4.78 is 0. The van der Waals surface area contributed by atoms with Crippen LogP contribution in [0.2, 0.25) is 0 Å². The Morgan fingerprint density at radius 3 is 2.32 bits per heavy atom. The van der Waals surface area contributed by atoms with Crippen molar-refractivity contribution in [2.75, 3.05) is 19.6 Å². The number of amides is 1. The number of rotatable bonds is 4. The van der Waals surface area contributed by atoms with Gasteiger partial charge in [-0.05, 0) is 23.1 Å². The summed E-state index contributed by atoms with van der Waals surface area (Å²) in [6.45, 7) is 3.66. The number of likely N-dealkylation sites (tertiary alicyclic amines) is 1. The zero-order valence-corrected chi connectivity index (χ0v) is 14.4. The summed E-state index contributed by atoms with van der Waals surface area (Å²) in [4.78, 5) is 16.7. The number of fused-ring (bicyclic) bond motifs is 1. The van der Waals surface area contributed by atoms with E-state index in [-0.39, 0.29) is 5.91 Å². The maximum absolute atomic E-state index is 12.6. The van der Waals surface area contributed by atoms with Crippen LogP contribution in [0.1, 0.15) is 29.5 Å². The molecule has 4 nitrogen and oxygen atoms in total. The molecule has 25 heavy (non-hydrogen) atoms. The van der Waals surface area contributed by atoms with Gasteiger partial charge in [0.2, 0.25) is 5.91 Å². The van der Waals surface area contributed by atoms with Crippen LogP contribution < -0.4 is 0 Å². The summed E-state index contributed by atoms with van der Waals surface area (Å²) in [6, 6.07) is 18.2. The normalized spacial score (nSPS) is 23.0. The number of hydrogen-bond acceptors (Lipinski definition) is 3. The molecular formula is C21H24N2O2. The highest BCUT2D eigenvalue weighted by Crippen LogP contribution is 2.32. The van der Waals surface area contributed by atoms with Gasteiger partial charge in [0.25, 0.3) is 0 Å². The average Bonchev–Trinajstić information content (AvgIpc) is 3.24. The van der Waals surface area contributed by atoms with Gasteiger partial charge in [-0.1, -0.05) is 54.6 Å². The standard InChI is InChI=1S/C21H24N2O2/c24-20(10-12-22-14-17-6-4-5-7-18(17)15-22)23-13-11-21(25,16-23)19-8-2-1-3-9-19/h1-9,25H,10-16H2/t21-/m1/s1. The van der Waals surface area contributed by atoms with Crippen molar-refractivity contribution in [2.24, 2.45) is 0 Å². The fourth-order valence-electron chi connectivity index (χ4n) is 3.96. The first-order valence-electron chi connectivity index (χ1n) is 8.99. The maximum Gasteiger partial charge on any atom is 0.223 e. The second-order valence-corrected chi connectivity index (χ2v) is 7.19. The van der Waals surface area contributed by atoms with Gasteiger partial charge in [-0.15, -0.1) is 0 Å². The number of aliphatic hydroxyl groups is 1. The Morgan fingerprint density at radius 2 is 1.64 bits per heavy atom. The molecule has 2 aliphatic rings. The van der Waals surface area contributed by atoms with Crippen molar-refractivity contribution in [1.82, 2.24) is 9.80 Å². The minimum Gasteiger partial charge on any atom is -0.383 e. The van der Waals surface area contributed by atoms with Crippen molar-refractivity contribution in [1.29, 1.82) is 0 Å². The predicted molar refractivity (Wildman–Crippen MR) is 96.7 cm³/mol. The van der Waals surface area contributed by atoms with Gasteiger partial charge in [-0.2, -0.15) is 0 Å². The van der Waals surface area contributed by atoms with Crippen molar-refractivity contribution in [2.45, 2.75) is 31.5 Å². The molecule has 0 aliphatic carbocycles. The Balaban J connectivity index is 1.31. The molecule has 1 amide bonds. The molecule has 4 heteroatoms. The minimum absolute atomic E-state index is 0.141. The number of benzene rings is 2. The van der Waals surface area contributed by atoms with E-state index in [0.29, 0.717) is 25.9 Å². The molecule has 4 rings (SSSR count). The van der Waals surface area contributed by atoms with E-state index < -0.39 is 5.60 Å². The van der Waals surface area contributed by atoms with E-state index >= 15 is 0 Å². The summed E-state index contributed by atoms with van der Waals surface area (Å²) in [5.41, 5.74) is 2.74. The Hall–Kier alpha value is -2.17. The summed E-state index contributed by atoms with van der Waals surface area (Å²) in [6.07, 6.45) is 1.12. The molecule has 2 aromatic rings. The van der Waals surface area contributed by atoms with Gasteiger partial charge in [-0.25, -0.2) is 0 Å². The topological polar surface area (TPSA) is 43.8 Å². The first-order valence-corrected chi connectivity index (χ1v) is 8.99. The lowest BCUT2D eigenvalue weighted by molar-refractivity contribution is -0.131. The third-order valence-corrected chi connectivity index (χ3v) is 5.46. The molecular weight excluding hydrogens is 312 g/mol. The second kappa shape index (κ2) is 6.62. The number of carbonyl (C=O) groups excluding carboxylic acids is 1. The second-order valence-electron chi connectivity index (χ2n) is 7.19. The molecule has 1 atom stereocenters. The number of β-amino-alcohol motifs (C(OH)–C–C–N with tert-alkyl or cyclic N) is 1. The van der Waals surface area contributed by atoms with Gasteiger partial charge in [0.05, 0.1) is 6.54 Å². The Morgan fingerprint density at radius 1 is 1.00 bits per heavy atom. The maximum atomic E-state index is 12.6.